The highest BCUT2D eigenvalue weighted by Crippen LogP contribution is 2.22. The molecule has 2 aromatic carbocycles. The Balaban J connectivity index is 1.58. The fourth-order valence-corrected chi connectivity index (χ4v) is 3.36. The first-order valence-corrected chi connectivity index (χ1v) is 9.36. The van der Waals surface area contributed by atoms with Crippen LogP contribution in [0.4, 0.5) is 0 Å². The zero-order valence-corrected chi connectivity index (χ0v) is 15.2. The first kappa shape index (κ1) is 17.5. The number of benzene rings is 2. The minimum absolute atomic E-state index is 0.108. The van der Waals surface area contributed by atoms with Crippen molar-refractivity contribution in [2.24, 2.45) is 0 Å². The third kappa shape index (κ3) is 4.26. The summed E-state index contributed by atoms with van der Waals surface area (Å²) in [5.74, 6) is -0.108. The van der Waals surface area contributed by atoms with Gasteiger partial charge in [-0.2, -0.15) is 5.10 Å². The van der Waals surface area contributed by atoms with Crippen molar-refractivity contribution in [1.82, 2.24) is 15.1 Å². The molecular formula is C22H23N3O2. The highest BCUT2D eigenvalue weighted by Gasteiger charge is 2.21. The molecule has 1 atom stereocenters. The Morgan fingerprint density at radius 1 is 1.11 bits per heavy atom. The smallest absolute Gasteiger partial charge is 0.255 e. The number of hydrogen-bond donors (Lipinski definition) is 1. The molecule has 0 saturated carbocycles. The van der Waals surface area contributed by atoms with Gasteiger partial charge < -0.3 is 10.1 Å². The van der Waals surface area contributed by atoms with Gasteiger partial charge in [0.15, 0.2) is 0 Å². The number of aromatic nitrogens is 2. The lowest BCUT2D eigenvalue weighted by atomic mass is 10.1. The van der Waals surface area contributed by atoms with Crippen LogP contribution in [0, 0.1) is 0 Å². The Morgan fingerprint density at radius 2 is 1.85 bits per heavy atom. The lowest BCUT2D eigenvalue weighted by molar-refractivity contribution is 0.0858. The zero-order valence-electron chi connectivity index (χ0n) is 15.2. The Labute approximate surface area is 159 Å². The predicted octanol–water partition coefficient (Wildman–Crippen LogP) is 3.51. The minimum atomic E-state index is -0.108. The molecule has 0 spiro atoms. The summed E-state index contributed by atoms with van der Waals surface area (Å²) in [6.07, 6.45) is 4.01. The van der Waals surface area contributed by atoms with E-state index in [0.717, 1.165) is 30.6 Å². The van der Waals surface area contributed by atoms with E-state index in [1.807, 2.05) is 59.4 Å². The average Bonchev–Trinajstić information content (AvgIpc) is 3.38. The number of ether oxygens (including phenoxy) is 1. The molecule has 1 N–H and O–H groups in total. The molecule has 0 radical (unpaired) electrons. The second-order valence-electron chi connectivity index (χ2n) is 6.79. The van der Waals surface area contributed by atoms with Gasteiger partial charge in [-0.25, -0.2) is 0 Å². The molecule has 3 aromatic rings. The van der Waals surface area contributed by atoms with Crippen LogP contribution in [-0.4, -0.2) is 34.9 Å². The summed E-state index contributed by atoms with van der Waals surface area (Å²) in [5.41, 5.74) is 3.38. The molecule has 1 amide bonds. The summed E-state index contributed by atoms with van der Waals surface area (Å²) in [5, 5.41) is 7.71. The standard InChI is InChI=1S/C22H23N3O2/c26-22(23-14-19-12-7-13-27-19)20-16-25(15-17-8-3-1-4-9-17)24-21(20)18-10-5-2-6-11-18/h1-6,8-11,16,19H,7,12-15H2,(H,23,26)/t19-/m0/s1. The minimum Gasteiger partial charge on any atom is -0.376 e. The monoisotopic (exact) mass is 361 g/mol. The number of rotatable bonds is 6. The second kappa shape index (κ2) is 8.18. The number of hydrogen-bond acceptors (Lipinski definition) is 3. The first-order chi connectivity index (χ1) is 13.3. The normalized spacial score (nSPS) is 16.4. The van der Waals surface area contributed by atoms with E-state index in [4.69, 9.17) is 9.84 Å². The third-order valence-corrected chi connectivity index (χ3v) is 4.76. The van der Waals surface area contributed by atoms with Gasteiger partial charge in [0.2, 0.25) is 0 Å². The molecule has 0 aliphatic carbocycles. The summed E-state index contributed by atoms with van der Waals surface area (Å²) in [7, 11) is 0. The van der Waals surface area contributed by atoms with E-state index >= 15 is 0 Å². The van der Waals surface area contributed by atoms with Gasteiger partial charge in [-0.15, -0.1) is 0 Å². The van der Waals surface area contributed by atoms with Crippen LogP contribution in [0.25, 0.3) is 11.3 Å². The third-order valence-electron chi connectivity index (χ3n) is 4.76. The van der Waals surface area contributed by atoms with Gasteiger partial charge in [-0.05, 0) is 18.4 Å². The molecule has 0 bridgehead atoms. The van der Waals surface area contributed by atoms with Crippen molar-refractivity contribution in [2.45, 2.75) is 25.5 Å². The fourth-order valence-electron chi connectivity index (χ4n) is 3.36. The van der Waals surface area contributed by atoms with E-state index in [1.165, 1.54) is 0 Å². The van der Waals surface area contributed by atoms with Crippen molar-refractivity contribution in [3.63, 3.8) is 0 Å². The maximum atomic E-state index is 12.8. The molecule has 1 aliphatic heterocycles. The van der Waals surface area contributed by atoms with Crippen molar-refractivity contribution >= 4 is 5.91 Å². The zero-order chi connectivity index (χ0) is 18.5. The predicted molar refractivity (Wildman–Crippen MR) is 105 cm³/mol. The van der Waals surface area contributed by atoms with Gasteiger partial charge in [-0.1, -0.05) is 60.7 Å². The van der Waals surface area contributed by atoms with Crippen LogP contribution < -0.4 is 5.32 Å². The van der Waals surface area contributed by atoms with Gasteiger partial charge in [-0.3, -0.25) is 9.48 Å². The van der Waals surface area contributed by atoms with Crippen LogP contribution in [0.2, 0.25) is 0 Å². The van der Waals surface area contributed by atoms with Crippen LogP contribution in [0.5, 0.6) is 0 Å². The van der Waals surface area contributed by atoms with Crippen LogP contribution >= 0.6 is 0 Å². The molecule has 27 heavy (non-hydrogen) atoms. The van der Waals surface area contributed by atoms with Gasteiger partial charge in [0.1, 0.15) is 5.69 Å². The molecule has 1 fully saturated rings. The molecule has 5 nitrogen and oxygen atoms in total. The lowest BCUT2D eigenvalue weighted by Crippen LogP contribution is -2.31. The summed E-state index contributed by atoms with van der Waals surface area (Å²) >= 11 is 0. The topological polar surface area (TPSA) is 56.1 Å². The maximum absolute atomic E-state index is 12.8. The number of amides is 1. The number of carbonyl (C=O) groups excluding carboxylic acids is 1. The van der Waals surface area contributed by atoms with Crippen LogP contribution in [0.15, 0.2) is 66.9 Å². The lowest BCUT2D eigenvalue weighted by Gasteiger charge is -2.10. The van der Waals surface area contributed by atoms with E-state index in [0.29, 0.717) is 24.3 Å². The summed E-state index contributed by atoms with van der Waals surface area (Å²) in [6, 6.07) is 19.9. The number of nitrogens with zero attached hydrogens (tertiary/aromatic N) is 2. The van der Waals surface area contributed by atoms with E-state index in [1.54, 1.807) is 0 Å². The average molecular weight is 361 g/mol. The quantitative estimate of drug-likeness (QED) is 0.731. The molecule has 4 rings (SSSR count). The molecule has 0 unspecified atom stereocenters. The maximum Gasteiger partial charge on any atom is 0.255 e. The van der Waals surface area contributed by atoms with Gasteiger partial charge in [0, 0.05) is 24.9 Å². The molecule has 1 aliphatic rings. The Morgan fingerprint density at radius 3 is 2.56 bits per heavy atom. The summed E-state index contributed by atoms with van der Waals surface area (Å²) in [6.45, 7) is 1.95. The van der Waals surface area contributed by atoms with Crippen molar-refractivity contribution < 1.29 is 9.53 Å². The summed E-state index contributed by atoms with van der Waals surface area (Å²) < 4.78 is 7.43. The van der Waals surface area contributed by atoms with Crippen molar-refractivity contribution in [3.05, 3.63) is 78.0 Å². The molecule has 1 aromatic heterocycles. The molecule has 2 heterocycles. The molecule has 138 valence electrons. The first-order valence-electron chi connectivity index (χ1n) is 9.36. The van der Waals surface area contributed by atoms with Crippen LogP contribution in [0.1, 0.15) is 28.8 Å². The fraction of sp³-hybridized carbons (Fsp3) is 0.273. The van der Waals surface area contributed by atoms with Gasteiger partial charge >= 0.3 is 0 Å². The highest BCUT2D eigenvalue weighted by atomic mass is 16.5. The SMILES string of the molecule is O=C(NC[C@@H]1CCCO1)c1cn(Cc2ccccc2)nc1-c1ccccc1. The summed E-state index contributed by atoms with van der Waals surface area (Å²) in [4.78, 5) is 12.8. The van der Waals surface area contributed by atoms with E-state index in [9.17, 15) is 4.79 Å². The largest absolute Gasteiger partial charge is 0.376 e. The molecular weight excluding hydrogens is 338 g/mol. The Kier molecular flexibility index (Phi) is 5.30. The number of nitrogens with one attached hydrogen (secondary N) is 1. The van der Waals surface area contributed by atoms with Crippen LogP contribution in [0.3, 0.4) is 0 Å². The second-order valence-corrected chi connectivity index (χ2v) is 6.79. The van der Waals surface area contributed by atoms with Crippen molar-refractivity contribution in [3.8, 4) is 11.3 Å². The highest BCUT2D eigenvalue weighted by molar-refractivity contribution is 5.99. The van der Waals surface area contributed by atoms with Crippen LogP contribution in [-0.2, 0) is 11.3 Å². The molecule has 1 saturated heterocycles. The van der Waals surface area contributed by atoms with E-state index in [2.05, 4.69) is 17.4 Å². The van der Waals surface area contributed by atoms with Crippen molar-refractivity contribution in [2.75, 3.05) is 13.2 Å². The van der Waals surface area contributed by atoms with Crippen molar-refractivity contribution in [1.29, 1.82) is 0 Å². The van der Waals surface area contributed by atoms with Gasteiger partial charge in [0.05, 0.1) is 18.2 Å². The number of carbonyl (C=O) groups is 1. The van der Waals surface area contributed by atoms with E-state index in [-0.39, 0.29) is 12.0 Å². The van der Waals surface area contributed by atoms with Gasteiger partial charge in [0.25, 0.3) is 5.91 Å². The Hall–Kier alpha value is -2.92. The molecule has 5 heteroatoms. The Bertz CT molecular complexity index is 884. The van der Waals surface area contributed by atoms with E-state index < -0.39 is 0 Å².